The van der Waals surface area contributed by atoms with Crippen molar-refractivity contribution in [3.63, 3.8) is 0 Å². The van der Waals surface area contributed by atoms with Crippen LogP contribution in [0.5, 0.6) is 0 Å². The predicted molar refractivity (Wildman–Crippen MR) is 101 cm³/mol. The van der Waals surface area contributed by atoms with E-state index in [1.807, 2.05) is 12.3 Å². The first-order chi connectivity index (χ1) is 12.7. The van der Waals surface area contributed by atoms with E-state index < -0.39 is 0 Å². The van der Waals surface area contributed by atoms with Gasteiger partial charge in [-0.3, -0.25) is 14.4 Å². The summed E-state index contributed by atoms with van der Waals surface area (Å²) in [6.07, 6.45) is 8.88. The summed E-state index contributed by atoms with van der Waals surface area (Å²) >= 11 is 2.09. The number of aromatic nitrogens is 2. The zero-order valence-corrected chi connectivity index (χ0v) is 16.0. The minimum atomic E-state index is 0.0460. The van der Waals surface area contributed by atoms with Crippen molar-refractivity contribution in [3.05, 3.63) is 18.5 Å². The molecule has 4 atom stereocenters. The number of likely N-dealkylation sites (tertiary alicyclic amines) is 1. The molecule has 5 rings (SSSR count). The molecule has 0 aliphatic carbocycles. The van der Waals surface area contributed by atoms with Gasteiger partial charge in [0, 0.05) is 49.9 Å². The first kappa shape index (κ1) is 17.1. The molecule has 1 spiro atoms. The van der Waals surface area contributed by atoms with E-state index >= 15 is 0 Å². The van der Waals surface area contributed by atoms with Gasteiger partial charge in [-0.15, -0.1) is 0 Å². The van der Waals surface area contributed by atoms with Gasteiger partial charge in [0.25, 0.3) is 0 Å². The molecule has 0 radical (unpaired) electrons. The van der Waals surface area contributed by atoms with Crippen molar-refractivity contribution >= 4 is 17.7 Å². The van der Waals surface area contributed by atoms with Crippen LogP contribution in [0.1, 0.15) is 25.7 Å². The Kier molecular flexibility index (Phi) is 4.49. The lowest BCUT2D eigenvalue weighted by molar-refractivity contribution is -0.122. The Hall–Kier alpha value is -1.05. The van der Waals surface area contributed by atoms with Crippen molar-refractivity contribution in [2.75, 3.05) is 31.1 Å². The maximum absolute atomic E-state index is 12.2. The van der Waals surface area contributed by atoms with Gasteiger partial charge in [-0.1, -0.05) is 0 Å². The van der Waals surface area contributed by atoms with Crippen molar-refractivity contribution < 1.29 is 9.53 Å². The molecule has 2 bridgehead atoms. The number of carbonyl (C=O) groups excluding carboxylic acids is 1. The van der Waals surface area contributed by atoms with Crippen LogP contribution < -0.4 is 5.32 Å². The number of hydrogen-bond donors (Lipinski definition) is 1. The summed E-state index contributed by atoms with van der Waals surface area (Å²) in [6, 6.07) is 2.59. The Morgan fingerprint density at radius 2 is 2.23 bits per heavy atom. The van der Waals surface area contributed by atoms with Gasteiger partial charge in [0.15, 0.2) is 0 Å². The molecule has 4 aliphatic rings. The van der Waals surface area contributed by atoms with E-state index in [2.05, 4.69) is 27.1 Å². The standard InChI is InChI=1S/C19H28N4O2S/c24-18(12-23-7-1-6-21-23)20-10-15-16-11-22(14-3-8-26-9-4-14)13-19(16)5-2-17(15)25-19/h1,6-7,14-17H,2-5,8-13H2,(H,20,24)/t15-,16+,17+,19+/m0/s1. The molecular weight excluding hydrogens is 348 g/mol. The van der Waals surface area contributed by atoms with E-state index in [0.717, 1.165) is 32.1 Å². The van der Waals surface area contributed by atoms with Crippen molar-refractivity contribution in [2.24, 2.45) is 11.8 Å². The molecule has 0 unspecified atom stereocenters. The molecule has 1 amide bonds. The van der Waals surface area contributed by atoms with Crippen LogP contribution >= 0.6 is 11.8 Å². The third-order valence-electron chi connectivity index (χ3n) is 6.92. The number of nitrogens with one attached hydrogen (secondary N) is 1. The number of fused-ring (bicyclic) bond motifs is 1. The zero-order chi connectivity index (χ0) is 17.6. The monoisotopic (exact) mass is 376 g/mol. The van der Waals surface area contributed by atoms with Crippen LogP contribution in [0.15, 0.2) is 18.5 Å². The maximum atomic E-state index is 12.2. The van der Waals surface area contributed by atoms with Gasteiger partial charge in [-0.2, -0.15) is 16.9 Å². The van der Waals surface area contributed by atoms with Gasteiger partial charge in [0.05, 0.1) is 11.7 Å². The average molecular weight is 377 g/mol. The summed E-state index contributed by atoms with van der Waals surface area (Å²) in [5.41, 5.74) is 0.0760. The Labute approximate surface area is 159 Å². The van der Waals surface area contributed by atoms with Crippen LogP contribution in [0.3, 0.4) is 0 Å². The van der Waals surface area contributed by atoms with Gasteiger partial charge >= 0.3 is 0 Å². The largest absolute Gasteiger partial charge is 0.370 e. The zero-order valence-electron chi connectivity index (χ0n) is 15.2. The Balaban J connectivity index is 1.21. The Bertz CT molecular complexity index is 648. The summed E-state index contributed by atoms with van der Waals surface area (Å²) in [7, 11) is 0. The first-order valence-electron chi connectivity index (χ1n) is 9.97. The third kappa shape index (κ3) is 2.98. The number of ether oxygens (including phenoxy) is 1. The topological polar surface area (TPSA) is 59.4 Å². The minimum Gasteiger partial charge on any atom is -0.370 e. The smallest absolute Gasteiger partial charge is 0.241 e. The number of thioether (sulfide) groups is 1. The fourth-order valence-corrected chi connectivity index (χ4v) is 6.74. The molecule has 4 aliphatic heterocycles. The van der Waals surface area contributed by atoms with E-state index in [1.54, 1.807) is 10.9 Å². The van der Waals surface area contributed by atoms with E-state index in [0.29, 0.717) is 24.5 Å². The van der Waals surface area contributed by atoms with Crippen LogP contribution in [-0.4, -0.2) is 69.5 Å². The molecule has 6 nitrogen and oxygen atoms in total. The highest BCUT2D eigenvalue weighted by Crippen LogP contribution is 2.55. The summed E-state index contributed by atoms with van der Waals surface area (Å²) in [5.74, 6) is 3.70. The molecule has 1 N–H and O–H groups in total. The van der Waals surface area contributed by atoms with E-state index in [-0.39, 0.29) is 11.5 Å². The predicted octanol–water partition coefficient (Wildman–Crippen LogP) is 1.37. The number of amides is 1. The van der Waals surface area contributed by atoms with E-state index in [9.17, 15) is 4.79 Å². The normalized spacial score (nSPS) is 37.2. The van der Waals surface area contributed by atoms with Crippen LogP contribution in [0, 0.1) is 11.8 Å². The lowest BCUT2D eigenvalue weighted by Gasteiger charge is -2.32. The van der Waals surface area contributed by atoms with Crippen molar-refractivity contribution in [2.45, 2.75) is 50.0 Å². The number of carbonyl (C=O) groups is 1. The summed E-state index contributed by atoms with van der Waals surface area (Å²) in [4.78, 5) is 15.0. The molecule has 1 aromatic rings. The molecule has 1 aromatic heterocycles. The maximum Gasteiger partial charge on any atom is 0.241 e. The molecule has 4 fully saturated rings. The third-order valence-corrected chi connectivity index (χ3v) is 7.97. The fraction of sp³-hybridized carbons (Fsp3) is 0.789. The van der Waals surface area contributed by atoms with Gasteiger partial charge in [0.2, 0.25) is 5.91 Å². The van der Waals surface area contributed by atoms with Crippen molar-refractivity contribution in [3.8, 4) is 0 Å². The molecule has 0 aromatic carbocycles. The lowest BCUT2D eigenvalue weighted by atomic mass is 9.73. The molecular formula is C19H28N4O2S. The first-order valence-corrected chi connectivity index (χ1v) is 11.1. The van der Waals surface area contributed by atoms with Crippen molar-refractivity contribution in [1.29, 1.82) is 0 Å². The van der Waals surface area contributed by atoms with Gasteiger partial charge < -0.3 is 10.1 Å². The summed E-state index contributed by atoms with van der Waals surface area (Å²) < 4.78 is 8.21. The van der Waals surface area contributed by atoms with E-state index in [1.165, 1.54) is 30.8 Å². The summed E-state index contributed by atoms with van der Waals surface area (Å²) in [5, 5.41) is 7.26. The van der Waals surface area contributed by atoms with Gasteiger partial charge in [0.1, 0.15) is 6.54 Å². The highest BCUT2D eigenvalue weighted by atomic mass is 32.2. The van der Waals surface area contributed by atoms with Crippen LogP contribution in [0.4, 0.5) is 0 Å². The number of hydrogen-bond acceptors (Lipinski definition) is 5. The van der Waals surface area contributed by atoms with Crippen LogP contribution in [-0.2, 0) is 16.1 Å². The lowest BCUT2D eigenvalue weighted by Crippen LogP contribution is -2.42. The molecule has 5 heterocycles. The number of nitrogens with zero attached hydrogens (tertiary/aromatic N) is 3. The number of rotatable bonds is 5. The Morgan fingerprint density at radius 1 is 1.35 bits per heavy atom. The van der Waals surface area contributed by atoms with E-state index in [4.69, 9.17) is 4.74 Å². The SMILES string of the molecule is O=C(Cn1cccn1)NC[C@H]1[C@H]2CN(C3CCSCC3)C[C@]23CC[C@H]1O3. The Morgan fingerprint density at radius 3 is 3.04 bits per heavy atom. The molecule has 26 heavy (non-hydrogen) atoms. The highest BCUT2D eigenvalue weighted by molar-refractivity contribution is 7.99. The second kappa shape index (κ2) is 6.84. The van der Waals surface area contributed by atoms with Crippen LogP contribution in [0.25, 0.3) is 0 Å². The second-order valence-corrected chi connectivity index (χ2v) is 9.54. The molecule has 0 saturated carbocycles. The summed E-state index contributed by atoms with van der Waals surface area (Å²) in [6.45, 7) is 3.31. The van der Waals surface area contributed by atoms with Crippen LogP contribution in [0.2, 0.25) is 0 Å². The molecule has 4 saturated heterocycles. The molecule has 142 valence electrons. The van der Waals surface area contributed by atoms with Gasteiger partial charge in [-0.25, -0.2) is 0 Å². The minimum absolute atomic E-state index is 0.0460. The fourth-order valence-electron chi connectivity index (χ4n) is 5.66. The quantitative estimate of drug-likeness (QED) is 0.841. The molecule has 7 heteroatoms. The highest BCUT2D eigenvalue weighted by Gasteiger charge is 2.63. The average Bonchev–Trinajstić information content (AvgIpc) is 3.42. The second-order valence-electron chi connectivity index (χ2n) is 8.31. The van der Waals surface area contributed by atoms with Gasteiger partial charge in [-0.05, 0) is 43.3 Å². The van der Waals surface area contributed by atoms with Crippen molar-refractivity contribution in [1.82, 2.24) is 20.0 Å².